The fraction of sp³-hybridized carbons (Fsp3) is 0.100. The smallest absolute Gasteiger partial charge is 0.406 e. The van der Waals surface area contributed by atoms with Gasteiger partial charge in [-0.05, 0) is 44.6 Å². The zero-order valence-electron chi connectivity index (χ0n) is 9.92. The molecule has 0 unspecified atom stereocenters. The number of nitrogens with two attached hydrogens (primary N) is 1. The van der Waals surface area contributed by atoms with E-state index in [9.17, 15) is 13.2 Å². The van der Waals surface area contributed by atoms with Gasteiger partial charge in [-0.15, -0.1) is 13.2 Å². The Bertz CT molecular complexity index is 641. The van der Waals surface area contributed by atoms with Crippen LogP contribution in [-0.2, 0) is 0 Å². The van der Waals surface area contributed by atoms with E-state index in [-0.39, 0.29) is 5.69 Å². The number of nitriles is 1. The maximum Gasteiger partial charge on any atom is 0.573 e. The lowest BCUT2D eigenvalue weighted by Crippen LogP contribution is -2.22. The molecule has 0 aliphatic carbocycles. The second-order valence-corrected chi connectivity index (χ2v) is 5.35. The third-order valence-electron chi connectivity index (χ3n) is 1.88. The molecule has 112 valence electrons. The van der Waals surface area contributed by atoms with Crippen LogP contribution in [-0.4, -0.2) is 17.9 Å². The second-order valence-electron chi connectivity index (χ2n) is 3.41. The minimum atomic E-state index is -4.83. The first-order valence-electron chi connectivity index (χ1n) is 4.97. The van der Waals surface area contributed by atoms with E-state index in [4.69, 9.17) is 16.4 Å². The van der Waals surface area contributed by atoms with Crippen LogP contribution in [0.4, 0.5) is 18.9 Å². The highest BCUT2D eigenvalue weighted by Gasteiger charge is 2.31. The number of hydrogen-bond acceptors (Lipinski definition) is 5. The van der Waals surface area contributed by atoms with E-state index in [2.05, 4.69) is 31.2 Å². The van der Waals surface area contributed by atoms with E-state index in [1.54, 1.807) is 6.07 Å². The summed E-state index contributed by atoms with van der Waals surface area (Å²) >= 11 is 4.93. The molecule has 0 bridgehead atoms. The van der Waals surface area contributed by atoms with Gasteiger partial charge < -0.3 is 10.5 Å². The number of hydrogen-bond donors (Lipinski definition) is 3. The SMILES string of the molecule is N#C/C(=N\Nc1cc(OC(F)(F)F)cc(Br)c1I)C(=N)N. The van der Waals surface area contributed by atoms with E-state index in [0.717, 1.165) is 12.1 Å². The van der Waals surface area contributed by atoms with Gasteiger partial charge in [0.05, 0.1) is 9.26 Å². The minimum absolute atomic E-state index is 0.151. The Morgan fingerprint density at radius 2 is 2.14 bits per heavy atom. The number of benzene rings is 1. The molecule has 0 amide bonds. The van der Waals surface area contributed by atoms with Crippen LogP contribution in [0.15, 0.2) is 21.7 Å². The molecule has 4 N–H and O–H groups in total. The van der Waals surface area contributed by atoms with Gasteiger partial charge in [-0.2, -0.15) is 10.4 Å². The molecule has 0 heterocycles. The Kier molecular flexibility index (Phi) is 5.78. The quantitative estimate of drug-likeness (QED) is 0.269. The lowest BCUT2D eigenvalue weighted by atomic mass is 10.3. The monoisotopic (exact) mass is 475 g/mol. The van der Waals surface area contributed by atoms with Gasteiger partial charge >= 0.3 is 6.36 Å². The highest BCUT2D eigenvalue weighted by molar-refractivity contribution is 14.1. The number of anilines is 1. The predicted octanol–water partition coefficient (Wildman–Crippen LogP) is 3.18. The minimum Gasteiger partial charge on any atom is -0.406 e. The second kappa shape index (κ2) is 6.94. The third-order valence-corrected chi connectivity index (χ3v) is 4.41. The highest BCUT2D eigenvalue weighted by atomic mass is 127. The van der Waals surface area contributed by atoms with Crippen molar-refractivity contribution in [2.45, 2.75) is 6.36 Å². The third kappa shape index (κ3) is 5.38. The number of halogens is 5. The van der Waals surface area contributed by atoms with E-state index in [1.807, 2.05) is 22.6 Å². The summed E-state index contributed by atoms with van der Waals surface area (Å²) in [5.74, 6) is -1.03. The molecular formula is C10H6BrF3IN5O. The number of hydrazone groups is 1. The summed E-state index contributed by atoms with van der Waals surface area (Å²) in [7, 11) is 0. The van der Waals surface area contributed by atoms with Gasteiger partial charge in [-0.1, -0.05) is 0 Å². The topological polar surface area (TPSA) is 107 Å². The van der Waals surface area contributed by atoms with Crippen molar-refractivity contribution in [2.24, 2.45) is 10.8 Å². The van der Waals surface area contributed by atoms with Crippen LogP contribution in [0.25, 0.3) is 0 Å². The molecule has 21 heavy (non-hydrogen) atoms. The molecule has 0 atom stereocenters. The van der Waals surface area contributed by atoms with Crippen molar-refractivity contribution in [3.8, 4) is 11.8 Å². The number of alkyl halides is 3. The van der Waals surface area contributed by atoms with E-state index >= 15 is 0 Å². The number of nitrogens with one attached hydrogen (secondary N) is 2. The predicted molar refractivity (Wildman–Crippen MR) is 82.1 cm³/mol. The molecule has 1 rings (SSSR count). The molecule has 0 aromatic heterocycles. The summed E-state index contributed by atoms with van der Waals surface area (Å²) in [6, 6.07) is 3.76. The number of ether oxygens (including phenoxy) is 1. The molecule has 0 fully saturated rings. The van der Waals surface area contributed by atoms with Crippen molar-refractivity contribution < 1.29 is 17.9 Å². The molecule has 0 radical (unpaired) electrons. The van der Waals surface area contributed by atoms with Crippen molar-refractivity contribution >= 4 is 55.8 Å². The fourth-order valence-electron chi connectivity index (χ4n) is 1.10. The van der Waals surface area contributed by atoms with Crippen LogP contribution >= 0.6 is 38.5 Å². The summed E-state index contributed by atoms with van der Waals surface area (Å²) in [6.45, 7) is 0. The first-order chi connectivity index (χ1) is 9.64. The average Bonchev–Trinajstić information content (AvgIpc) is 2.33. The van der Waals surface area contributed by atoms with Crippen molar-refractivity contribution in [3.05, 3.63) is 20.2 Å². The number of nitrogens with zero attached hydrogens (tertiary/aromatic N) is 2. The van der Waals surface area contributed by atoms with Crippen LogP contribution in [0.5, 0.6) is 5.75 Å². The van der Waals surface area contributed by atoms with Gasteiger partial charge in [-0.3, -0.25) is 10.8 Å². The molecule has 0 saturated heterocycles. The Morgan fingerprint density at radius 3 is 2.62 bits per heavy atom. The molecule has 0 spiro atoms. The van der Waals surface area contributed by atoms with E-state index < -0.39 is 23.7 Å². The molecular weight excluding hydrogens is 470 g/mol. The lowest BCUT2D eigenvalue weighted by Gasteiger charge is -2.12. The Hall–Kier alpha value is -1.55. The van der Waals surface area contributed by atoms with Crippen LogP contribution < -0.4 is 15.9 Å². The first-order valence-corrected chi connectivity index (χ1v) is 6.84. The van der Waals surface area contributed by atoms with Crippen molar-refractivity contribution in [1.29, 1.82) is 10.7 Å². The zero-order chi connectivity index (χ0) is 16.2. The Morgan fingerprint density at radius 1 is 1.52 bits per heavy atom. The normalized spacial score (nSPS) is 11.7. The molecule has 0 aliphatic heterocycles. The number of rotatable bonds is 4. The van der Waals surface area contributed by atoms with Crippen LogP contribution in [0.1, 0.15) is 0 Å². The molecule has 1 aromatic carbocycles. The largest absolute Gasteiger partial charge is 0.573 e. The Labute approximate surface area is 138 Å². The lowest BCUT2D eigenvalue weighted by molar-refractivity contribution is -0.274. The standard InChI is InChI=1S/C10H6BrF3IN5O/c11-5-1-4(21-10(12,13)14)2-6(8(5)15)19-20-7(3-16)9(17)18/h1-2,19H,(H3,17,18)/b20-7+. The van der Waals surface area contributed by atoms with Gasteiger partial charge in [0.25, 0.3) is 0 Å². The van der Waals surface area contributed by atoms with Gasteiger partial charge in [0.15, 0.2) is 5.84 Å². The van der Waals surface area contributed by atoms with Gasteiger partial charge in [0.2, 0.25) is 5.71 Å². The van der Waals surface area contributed by atoms with E-state index in [1.165, 1.54) is 0 Å². The fourth-order valence-corrected chi connectivity index (χ4v) is 1.97. The van der Waals surface area contributed by atoms with Gasteiger partial charge in [-0.25, -0.2) is 0 Å². The van der Waals surface area contributed by atoms with Crippen molar-refractivity contribution in [2.75, 3.05) is 5.43 Å². The van der Waals surface area contributed by atoms with Crippen molar-refractivity contribution in [1.82, 2.24) is 0 Å². The molecule has 0 aliphatic rings. The first kappa shape index (κ1) is 17.5. The van der Waals surface area contributed by atoms with Crippen molar-refractivity contribution in [3.63, 3.8) is 0 Å². The number of amidine groups is 1. The maximum atomic E-state index is 12.2. The van der Waals surface area contributed by atoms with E-state index in [0.29, 0.717) is 8.04 Å². The summed E-state index contributed by atoms with van der Waals surface area (Å²) in [4.78, 5) is 0. The summed E-state index contributed by atoms with van der Waals surface area (Å²) in [5.41, 5.74) is 7.22. The molecule has 11 heteroatoms. The summed E-state index contributed by atoms with van der Waals surface area (Å²) in [5, 5.41) is 19.3. The summed E-state index contributed by atoms with van der Waals surface area (Å²) in [6.07, 6.45) is -4.83. The maximum absolute atomic E-state index is 12.2. The van der Waals surface area contributed by atoms with Gasteiger partial charge in [0.1, 0.15) is 11.8 Å². The Balaban J connectivity index is 3.13. The molecule has 1 aromatic rings. The molecule has 0 saturated carbocycles. The van der Waals surface area contributed by atoms with Crippen LogP contribution in [0, 0.1) is 20.3 Å². The highest BCUT2D eigenvalue weighted by Crippen LogP contribution is 2.34. The van der Waals surface area contributed by atoms with Crippen LogP contribution in [0.2, 0.25) is 0 Å². The van der Waals surface area contributed by atoms with Gasteiger partial charge in [0, 0.05) is 10.5 Å². The van der Waals surface area contributed by atoms with Crippen LogP contribution in [0.3, 0.4) is 0 Å². The molecule has 6 nitrogen and oxygen atoms in total. The summed E-state index contributed by atoms with van der Waals surface area (Å²) < 4.78 is 41.3. The average molecular weight is 476 g/mol. The zero-order valence-corrected chi connectivity index (χ0v) is 13.7.